The molecule has 4 rings (SSSR count). The van der Waals surface area contributed by atoms with Crippen LogP contribution in [0.3, 0.4) is 0 Å². The first-order valence-corrected chi connectivity index (χ1v) is 11.7. The van der Waals surface area contributed by atoms with Crippen molar-refractivity contribution in [2.75, 3.05) is 32.2 Å². The molecule has 1 heterocycles. The summed E-state index contributed by atoms with van der Waals surface area (Å²) in [6.07, 6.45) is 2.54. The van der Waals surface area contributed by atoms with Gasteiger partial charge in [-0.25, -0.2) is 4.79 Å². The minimum atomic E-state index is -1.06. The lowest BCUT2D eigenvalue weighted by Gasteiger charge is -2.35. The lowest BCUT2D eigenvalue weighted by atomic mass is 9.89. The number of carboxylic acids is 1. The number of nitrogens with zero attached hydrogens (tertiary/aromatic N) is 1. The first-order chi connectivity index (χ1) is 16.3. The molecule has 1 aliphatic carbocycles. The molecule has 2 N–H and O–H groups in total. The average Bonchev–Trinajstić information content (AvgIpc) is 3.62. The molecule has 1 saturated heterocycles. The van der Waals surface area contributed by atoms with Crippen molar-refractivity contribution in [3.05, 3.63) is 47.0 Å². The second-order valence-corrected chi connectivity index (χ2v) is 9.50. The topological polar surface area (TPSA) is 101 Å². The summed E-state index contributed by atoms with van der Waals surface area (Å²) in [6, 6.07) is 12.4. The Morgan fingerprint density at radius 3 is 2.53 bits per heavy atom. The highest BCUT2D eigenvalue weighted by atomic mass is 16.5. The highest BCUT2D eigenvalue weighted by molar-refractivity contribution is 5.83. The number of hydrogen-bond donors (Lipinski definition) is 2. The minimum absolute atomic E-state index is 0.326. The Balaban J connectivity index is 1.67. The number of nitrogens with one attached hydrogen (secondary N) is 1. The van der Waals surface area contributed by atoms with E-state index in [9.17, 15) is 15.2 Å². The Hall–Kier alpha value is -3.08. The van der Waals surface area contributed by atoms with E-state index in [4.69, 9.17) is 14.2 Å². The number of carbonyl (C=O) groups is 1. The molecule has 2 aliphatic rings. The fourth-order valence-electron chi connectivity index (χ4n) is 4.45. The van der Waals surface area contributed by atoms with E-state index in [-0.39, 0.29) is 5.41 Å². The summed E-state index contributed by atoms with van der Waals surface area (Å²) in [5.74, 6) is -0.0567. The molecule has 7 nitrogen and oxygen atoms in total. The molecule has 0 unspecified atom stereocenters. The molecule has 0 aromatic heterocycles. The lowest BCUT2D eigenvalue weighted by Crippen LogP contribution is -2.50. The third-order valence-corrected chi connectivity index (χ3v) is 7.12. The maximum Gasteiger partial charge on any atom is 0.329 e. The Kier molecular flexibility index (Phi) is 6.83. The molecule has 2 aromatic carbocycles. The normalized spacial score (nSPS) is 18.1. The molecular weight excluding hydrogens is 432 g/mol. The van der Waals surface area contributed by atoms with Crippen LogP contribution < -0.4 is 10.1 Å². The molecule has 7 heteroatoms. The van der Waals surface area contributed by atoms with Crippen LogP contribution in [0.15, 0.2) is 30.3 Å². The van der Waals surface area contributed by atoms with Crippen molar-refractivity contribution in [3.63, 3.8) is 0 Å². The molecule has 0 atom stereocenters. The van der Waals surface area contributed by atoms with Gasteiger partial charge in [-0.2, -0.15) is 5.26 Å². The predicted molar refractivity (Wildman–Crippen MR) is 129 cm³/mol. The second kappa shape index (κ2) is 9.65. The first-order valence-electron chi connectivity index (χ1n) is 11.7. The van der Waals surface area contributed by atoms with Crippen molar-refractivity contribution < 1.29 is 24.1 Å². The SMILES string of the molecule is COc1cc(-c2ccc(NC3(C(=O)O)CCOCC3)cc2COCC2(C#N)CC2)cc(C)c1C. The molecule has 0 amide bonds. The Bertz CT molecular complexity index is 1110. The zero-order valence-electron chi connectivity index (χ0n) is 20.1. The zero-order valence-corrected chi connectivity index (χ0v) is 20.1. The molecule has 34 heavy (non-hydrogen) atoms. The van der Waals surface area contributed by atoms with Gasteiger partial charge in [0, 0.05) is 31.7 Å². The molecule has 2 fully saturated rings. The number of aryl methyl sites for hydroxylation is 1. The van der Waals surface area contributed by atoms with Gasteiger partial charge in [-0.3, -0.25) is 0 Å². The molecule has 0 spiro atoms. The van der Waals surface area contributed by atoms with Crippen LogP contribution in [-0.4, -0.2) is 43.5 Å². The smallest absolute Gasteiger partial charge is 0.329 e. The molecule has 0 bridgehead atoms. The monoisotopic (exact) mass is 464 g/mol. The number of aliphatic carboxylic acids is 1. The lowest BCUT2D eigenvalue weighted by molar-refractivity contribution is -0.145. The van der Waals surface area contributed by atoms with Gasteiger partial charge in [-0.05, 0) is 72.7 Å². The summed E-state index contributed by atoms with van der Waals surface area (Å²) < 4.78 is 17.0. The standard InChI is InChI=1S/C27H32N2O5/c1-18-12-20(14-24(32-3)19(18)2)23-5-4-22(29-27(25(30)31)8-10-33-11-9-27)13-21(23)15-34-17-26(16-28)6-7-26/h4-5,12-14,29H,6-11,15,17H2,1-3H3,(H,30,31). The molecule has 1 saturated carbocycles. The number of benzene rings is 2. The van der Waals surface area contributed by atoms with E-state index in [1.807, 2.05) is 31.2 Å². The first kappa shape index (κ1) is 24.1. The van der Waals surface area contributed by atoms with Crippen molar-refractivity contribution in [1.29, 1.82) is 5.26 Å². The highest BCUT2D eigenvalue weighted by Crippen LogP contribution is 2.45. The van der Waals surface area contributed by atoms with Crippen LogP contribution >= 0.6 is 0 Å². The van der Waals surface area contributed by atoms with E-state index < -0.39 is 11.5 Å². The van der Waals surface area contributed by atoms with Crippen LogP contribution in [0.5, 0.6) is 5.75 Å². The third kappa shape index (κ3) is 4.89. The van der Waals surface area contributed by atoms with Gasteiger partial charge in [0.15, 0.2) is 0 Å². The number of anilines is 1. The zero-order chi connectivity index (χ0) is 24.3. The minimum Gasteiger partial charge on any atom is -0.496 e. The van der Waals surface area contributed by atoms with Crippen LogP contribution in [0.4, 0.5) is 5.69 Å². The Morgan fingerprint density at radius 1 is 1.18 bits per heavy atom. The summed E-state index contributed by atoms with van der Waals surface area (Å²) >= 11 is 0. The van der Waals surface area contributed by atoms with Crippen LogP contribution in [0.2, 0.25) is 0 Å². The van der Waals surface area contributed by atoms with Gasteiger partial charge in [0.25, 0.3) is 0 Å². The van der Waals surface area contributed by atoms with Gasteiger partial charge in [0.1, 0.15) is 11.3 Å². The van der Waals surface area contributed by atoms with Gasteiger partial charge in [-0.15, -0.1) is 0 Å². The van der Waals surface area contributed by atoms with Crippen molar-refractivity contribution in [3.8, 4) is 22.9 Å². The molecule has 0 radical (unpaired) electrons. The van der Waals surface area contributed by atoms with E-state index >= 15 is 0 Å². The van der Waals surface area contributed by atoms with Gasteiger partial charge in [-0.1, -0.05) is 12.1 Å². The van der Waals surface area contributed by atoms with Crippen molar-refractivity contribution in [2.24, 2.45) is 5.41 Å². The summed E-state index contributed by atoms with van der Waals surface area (Å²) in [6.45, 7) is 5.63. The molecular formula is C27H32N2O5. The number of rotatable bonds is 9. The van der Waals surface area contributed by atoms with Crippen LogP contribution in [0, 0.1) is 30.6 Å². The number of nitriles is 1. The fraction of sp³-hybridized carbons (Fsp3) is 0.481. The van der Waals surface area contributed by atoms with Crippen molar-refractivity contribution in [1.82, 2.24) is 0 Å². The molecule has 2 aromatic rings. The maximum atomic E-state index is 12.1. The van der Waals surface area contributed by atoms with E-state index in [0.29, 0.717) is 39.3 Å². The average molecular weight is 465 g/mol. The second-order valence-electron chi connectivity index (χ2n) is 9.50. The van der Waals surface area contributed by atoms with Gasteiger partial charge >= 0.3 is 5.97 Å². The largest absolute Gasteiger partial charge is 0.496 e. The number of methoxy groups -OCH3 is 1. The number of hydrogen-bond acceptors (Lipinski definition) is 6. The van der Waals surface area contributed by atoms with Crippen LogP contribution in [0.25, 0.3) is 11.1 Å². The van der Waals surface area contributed by atoms with E-state index in [2.05, 4.69) is 24.4 Å². The van der Waals surface area contributed by atoms with Gasteiger partial charge < -0.3 is 24.6 Å². The summed E-state index contributed by atoms with van der Waals surface area (Å²) in [4.78, 5) is 12.1. The Morgan fingerprint density at radius 2 is 1.91 bits per heavy atom. The van der Waals surface area contributed by atoms with Gasteiger partial charge in [0.05, 0.1) is 31.8 Å². The number of carboxylic acid groups (broad SMARTS) is 1. The van der Waals surface area contributed by atoms with E-state index in [0.717, 1.165) is 52.1 Å². The van der Waals surface area contributed by atoms with Crippen molar-refractivity contribution >= 4 is 11.7 Å². The molecule has 180 valence electrons. The van der Waals surface area contributed by atoms with Gasteiger partial charge in [0.2, 0.25) is 0 Å². The summed E-state index contributed by atoms with van der Waals surface area (Å²) in [5.41, 5.74) is 4.46. The summed E-state index contributed by atoms with van der Waals surface area (Å²) in [5, 5.41) is 22.6. The predicted octanol–water partition coefficient (Wildman–Crippen LogP) is 4.85. The fourth-order valence-corrected chi connectivity index (χ4v) is 4.45. The van der Waals surface area contributed by atoms with Crippen molar-refractivity contribution in [2.45, 2.75) is 51.7 Å². The molecule has 1 aliphatic heterocycles. The third-order valence-electron chi connectivity index (χ3n) is 7.12. The quantitative estimate of drug-likeness (QED) is 0.547. The van der Waals surface area contributed by atoms with E-state index in [1.165, 1.54) is 0 Å². The van der Waals surface area contributed by atoms with Crippen LogP contribution in [-0.2, 0) is 20.9 Å². The number of ether oxygens (including phenoxy) is 3. The maximum absolute atomic E-state index is 12.1. The summed E-state index contributed by atoms with van der Waals surface area (Å²) in [7, 11) is 1.67. The van der Waals surface area contributed by atoms with E-state index in [1.54, 1.807) is 7.11 Å². The highest BCUT2D eigenvalue weighted by Gasteiger charge is 2.43. The Labute approximate surface area is 200 Å². The van der Waals surface area contributed by atoms with Crippen LogP contribution in [0.1, 0.15) is 42.4 Å².